The quantitative estimate of drug-likeness (QED) is 0.279. The normalized spacial score (nSPS) is 31.1. The van der Waals surface area contributed by atoms with Gasteiger partial charge in [0.05, 0.1) is 18.4 Å². The van der Waals surface area contributed by atoms with Gasteiger partial charge in [0.1, 0.15) is 5.75 Å². The monoisotopic (exact) mass is 566 g/mol. The van der Waals surface area contributed by atoms with E-state index in [1.165, 1.54) is 23.1 Å². The summed E-state index contributed by atoms with van der Waals surface area (Å²) in [5.74, 6) is 2.18. The average molecular weight is 567 g/mol. The van der Waals surface area contributed by atoms with E-state index in [4.69, 9.17) is 16.3 Å². The molecule has 2 N–H and O–H groups in total. The Morgan fingerprint density at radius 3 is 2.87 bits per heavy atom. The van der Waals surface area contributed by atoms with Gasteiger partial charge in [-0.25, -0.2) is 0 Å². The summed E-state index contributed by atoms with van der Waals surface area (Å²) in [5.41, 5.74) is 4.14. The Hall–Kier alpha value is -2.15. The molecule has 2 heterocycles. The predicted octanol–water partition coefficient (Wildman–Crippen LogP) is 6.56. The molecule has 5 nitrogen and oxygen atoms in total. The molecule has 2 bridgehead atoms. The maximum atomic E-state index is 13.2. The maximum Gasteiger partial charge on any atom is 0.261 e. The van der Waals surface area contributed by atoms with Crippen LogP contribution in [0.25, 0.3) is 0 Å². The highest BCUT2D eigenvalue weighted by molar-refractivity contribution is 7.97. The van der Waals surface area contributed by atoms with Gasteiger partial charge in [-0.05, 0) is 109 Å². The highest BCUT2D eigenvalue weighted by Crippen LogP contribution is 2.46. The van der Waals surface area contributed by atoms with E-state index in [0.717, 1.165) is 73.8 Å². The molecule has 4 atom stereocenters. The topological polar surface area (TPSA) is 61.8 Å². The van der Waals surface area contributed by atoms with Crippen molar-refractivity contribution >= 4 is 35.1 Å². The van der Waals surface area contributed by atoms with Crippen LogP contribution in [-0.4, -0.2) is 42.6 Å². The Kier molecular flexibility index (Phi) is 7.41. The summed E-state index contributed by atoms with van der Waals surface area (Å²) in [5, 5.41) is 11.9. The summed E-state index contributed by atoms with van der Waals surface area (Å²) < 4.78 is 9.64. The van der Waals surface area contributed by atoms with E-state index in [1.807, 2.05) is 30.3 Å². The molecule has 0 saturated heterocycles. The minimum Gasteiger partial charge on any atom is -0.490 e. The molecular weight excluding hydrogens is 528 g/mol. The zero-order valence-corrected chi connectivity index (χ0v) is 24.5. The number of nitrogens with zero attached hydrogens (tertiary/aromatic N) is 1. The highest BCUT2D eigenvalue weighted by Gasteiger charge is 2.44. The molecule has 7 heteroatoms. The van der Waals surface area contributed by atoms with Crippen molar-refractivity contribution in [2.45, 2.75) is 63.9 Å². The lowest BCUT2D eigenvalue weighted by molar-refractivity contribution is 0.0455. The van der Waals surface area contributed by atoms with Crippen LogP contribution in [0.1, 0.15) is 67.4 Å². The Morgan fingerprint density at radius 1 is 1.18 bits per heavy atom. The molecule has 1 spiro atoms. The second-order valence-corrected chi connectivity index (χ2v) is 14.0. The first-order chi connectivity index (χ1) is 18.7. The van der Waals surface area contributed by atoms with Crippen LogP contribution in [0.4, 0.5) is 5.69 Å². The lowest BCUT2D eigenvalue weighted by Crippen LogP contribution is -2.49. The second-order valence-electron chi connectivity index (χ2n) is 12.8. The third-order valence-electron chi connectivity index (χ3n) is 9.30. The lowest BCUT2D eigenvalue weighted by Gasteiger charge is -2.45. The SMILES string of the molecule is CC1(C)C/C=C/[C@H](O)[C@@H]2CC[C@H]2CN2C[C@@]3(CCCc4cc(Cl)ccc43)COc3ccc(cc32)C(=O)NSC1. The number of rotatable bonds is 0. The summed E-state index contributed by atoms with van der Waals surface area (Å²) in [7, 11) is 0. The zero-order chi connectivity index (χ0) is 27.2. The molecule has 0 unspecified atom stereocenters. The van der Waals surface area contributed by atoms with Gasteiger partial charge in [0.25, 0.3) is 5.91 Å². The van der Waals surface area contributed by atoms with Gasteiger partial charge in [-0.3, -0.25) is 9.52 Å². The van der Waals surface area contributed by atoms with E-state index in [2.05, 4.69) is 41.7 Å². The molecule has 2 aliphatic heterocycles. The van der Waals surface area contributed by atoms with Gasteiger partial charge in [-0.2, -0.15) is 0 Å². The van der Waals surface area contributed by atoms with Crippen molar-refractivity contribution < 1.29 is 14.6 Å². The molecule has 1 amide bonds. The first-order valence-corrected chi connectivity index (χ1v) is 15.7. The van der Waals surface area contributed by atoms with E-state index >= 15 is 0 Å². The summed E-state index contributed by atoms with van der Waals surface area (Å²) in [4.78, 5) is 15.7. The maximum absolute atomic E-state index is 13.2. The summed E-state index contributed by atoms with van der Waals surface area (Å²) >= 11 is 7.85. The molecule has 0 radical (unpaired) electrons. The third kappa shape index (κ3) is 5.45. The van der Waals surface area contributed by atoms with Crippen molar-refractivity contribution in [3.63, 3.8) is 0 Å². The molecule has 0 aromatic heterocycles. The van der Waals surface area contributed by atoms with Crippen molar-refractivity contribution in [3.05, 3.63) is 70.3 Å². The molecule has 39 heavy (non-hydrogen) atoms. The number of allylic oxidation sites excluding steroid dienone is 1. The highest BCUT2D eigenvalue weighted by atomic mass is 35.5. The van der Waals surface area contributed by atoms with Crippen LogP contribution in [-0.2, 0) is 11.8 Å². The molecule has 1 fully saturated rings. The van der Waals surface area contributed by atoms with E-state index < -0.39 is 6.10 Å². The van der Waals surface area contributed by atoms with Gasteiger partial charge in [0.15, 0.2) is 0 Å². The van der Waals surface area contributed by atoms with Crippen LogP contribution in [0.3, 0.4) is 0 Å². The van der Waals surface area contributed by atoms with Crippen molar-refractivity contribution in [3.8, 4) is 5.75 Å². The molecular formula is C32H39ClN2O3S. The molecule has 6 rings (SSSR count). The second kappa shape index (κ2) is 10.7. The molecule has 1 saturated carbocycles. The van der Waals surface area contributed by atoms with Crippen molar-refractivity contribution in [2.75, 3.05) is 30.3 Å². The number of halogens is 1. The Labute approximate surface area is 241 Å². The average Bonchev–Trinajstić information content (AvgIpc) is 3.03. The van der Waals surface area contributed by atoms with Crippen LogP contribution in [0, 0.1) is 17.3 Å². The molecule has 208 valence electrons. The number of aliphatic hydroxyl groups is 1. The van der Waals surface area contributed by atoms with Gasteiger partial charge in [-0.1, -0.05) is 43.7 Å². The number of aliphatic hydroxyl groups excluding tert-OH is 1. The van der Waals surface area contributed by atoms with Crippen LogP contribution in [0.5, 0.6) is 5.75 Å². The number of carbonyl (C=O) groups excluding carboxylic acids is 1. The summed E-state index contributed by atoms with van der Waals surface area (Å²) in [6, 6.07) is 12.2. The zero-order valence-electron chi connectivity index (χ0n) is 22.9. The number of nitrogens with one attached hydrogen (secondary N) is 1. The van der Waals surface area contributed by atoms with Gasteiger partial charge in [0.2, 0.25) is 0 Å². The first kappa shape index (κ1) is 27.0. The predicted molar refractivity (Wildman–Crippen MR) is 160 cm³/mol. The Morgan fingerprint density at radius 2 is 2.05 bits per heavy atom. The number of hydrogen-bond acceptors (Lipinski definition) is 5. The fourth-order valence-electron chi connectivity index (χ4n) is 6.89. The van der Waals surface area contributed by atoms with Crippen LogP contribution in [0.2, 0.25) is 5.02 Å². The van der Waals surface area contributed by atoms with E-state index in [9.17, 15) is 9.90 Å². The molecule has 4 aliphatic rings. The number of fused-ring (bicyclic) bond motifs is 4. The van der Waals surface area contributed by atoms with Crippen LogP contribution >= 0.6 is 23.5 Å². The van der Waals surface area contributed by atoms with Crippen molar-refractivity contribution in [1.82, 2.24) is 4.72 Å². The number of aryl methyl sites for hydroxylation is 1. The molecule has 2 aromatic rings. The number of hydrogen-bond donors (Lipinski definition) is 2. The van der Waals surface area contributed by atoms with E-state index in [-0.39, 0.29) is 22.7 Å². The van der Waals surface area contributed by atoms with Crippen LogP contribution < -0.4 is 14.4 Å². The fourth-order valence-corrected chi connectivity index (χ4v) is 7.92. The minimum absolute atomic E-state index is 0.0114. The van der Waals surface area contributed by atoms with Gasteiger partial charge in [-0.15, -0.1) is 0 Å². The van der Waals surface area contributed by atoms with E-state index in [1.54, 1.807) is 0 Å². The molecule has 2 aliphatic carbocycles. The number of amides is 1. The first-order valence-electron chi connectivity index (χ1n) is 14.3. The number of anilines is 1. The summed E-state index contributed by atoms with van der Waals surface area (Å²) in [6.45, 7) is 6.65. The summed E-state index contributed by atoms with van der Waals surface area (Å²) in [6.07, 6.45) is 9.89. The minimum atomic E-state index is -0.430. The Balaban J connectivity index is 1.39. The fraction of sp³-hybridized carbons (Fsp3) is 0.531. The van der Waals surface area contributed by atoms with Crippen molar-refractivity contribution in [1.29, 1.82) is 0 Å². The number of carbonyl (C=O) groups is 1. The largest absolute Gasteiger partial charge is 0.490 e. The van der Waals surface area contributed by atoms with Gasteiger partial charge >= 0.3 is 0 Å². The van der Waals surface area contributed by atoms with Gasteiger partial charge < -0.3 is 14.7 Å². The Bertz CT molecular complexity index is 1280. The lowest BCUT2D eigenvalue weighted by atomic mass is 9.68. The van der Waals surface area contributed by atoms with E-state index in [0.29, 0.717) is 18.1 Å². The third-order valence-corrected chi connectivity index (χ3v) is 10.8. The van der Waals surface area contributed by atoms with Gasteiger partial charge in [0, 0.05) is 34.8 Å². The van der Waals surface area contributed by atoms with Crippen molar-refractivity contribution in [2.24, 2.45) is 17.3 Å². The standard InChI is InChI=1S/C32H39ClN2O3S/c1-31(2)13-4-6-28(36)25-10-7-23(25)17-35-18-32(14-3-5-21-15-24(33)9-11-26(21)32)19-38-29-12-8-22(16-27(29)35)30(37)34-39-20-31/h4,6,8-9,11-12,15-16,23,25,28,36H,3,5,7,10,13-14,17-20H2,1-2H3,(H,34,37)/b6-4+/t23-,25+,28-,32-/m0/s1. The number of benzene rings is 2. The van der Waals surface area contributed by atoms with Crippen LogP contribution in [0.15, 0.2) is 48.6 Å². The number of ether oxygens (including phenoxy) is 1. The molecule has 2 aromatic carbocycles. The smallest absolute Gasteiger partial charge is 0.261 e.